The Morgan fingerprint density at radius 1 is 1.27 bits per heavy atom. The van der Waals surface area contributed by atoms with Crippen LogP contribution < -0.4 is 10.6 Å². The van der Waals surface area contributed by atoms with Gasteiger partial charge in [-0.25, -0.2) is 4.39 Å². The summed E-state index contributed by atoms with van der Waals surface area (Å²) in [4.78, 5) is 11.2. The second-order valence-corrected chi connectivity index (χ2v) is 7.30. The first kappa shape index (κ1) is 24.5. The third-order valence-electron chi connectivity index (χ3n) is 5.13. The molecule has 0 unspecified atom stereocenters. The number of hydrogen-bond donors (Lipinski definition) is 2. The van der Waals surface area contributed by atoms with E-state index in [2.05, 4.69) is 31.6 Å². The molecule has 1 aromatic heterocycles. The van der Waals surface area contributed by atoms with E-state index in [1.54, 1.807) is 20.2 Å². The molecule has 1 fully saturated rings. The van der Waals surface area contributed by atoms with Crippen molar-refractivity contribution in [1.82, 2.24) is 20.5 Å². The van der Waals surface area contributed by atoms with Gasteiger partial charge in [-0.2, -0.15) is 0 Å². The topological polar surface area (TPSA) is 61.8 Å². The fourth-order valence-corrected chi connectivity index (χ4v) is 3.53. The van der Waals surface area contributed by atoms with E-state index in [0.717, 1.165) is 49.7 Å². The fourth-order valence-electron chi connectivity index (χ4n) is 3.53. The molecule has 2 aromatic rings. The summed E-state index contributed by atoms with van der Waals surface area (Å²) in [6.45, 7) is 3.81. The van der Waals surface area contributed by atoms with Gasteiger partial charge in [0.15, 0.2) is 5.96 Å². The summed E-state index contributed by atoms with van der Waals surface area (Å²) in [6, 6.07) is 11.5. The Kier molecular flexibility index (Phi) is 10.5. The lowest BCUT2D eigenvalue weighted by Crippen LogP contribution is -2.48. The monoisotopic (exact) mass is 527 g/mol. The zero-order valence-corrected chi connectivity index (χ0v) is 19.9. The maximum Gasteiger partial charge on any atom is 0.191 e. The Morgan fingerprint density at radius 2 is 2.07 bits per heavy atom. The quantitative estimate of drug-likeness (QED) is 0.329. The van der Waals surface area contributed by atoms with E-state index < -0.39 is 0 Å². The normalized spacial score (nSPS) is 15.5. The third kappa shape index (κ3) is 7.48. The molecule has 0 spiro atoms. The average molecular weight is 527 g/mol. The molecule has 1 aliphatic rings. The molecule has 0 saturated carbocycles. The molecule has 6 nitrogen and oxygen atoms in total. The van der Waals surface area contributed by atoms with Crippen LogP contribution in [0.4, 0.5) is 4.39 Å². The number of aromatic nitrogens is 1. The zero-order valence-electron chi connectivity index (χ0n) is 17.6. The summed E-state index contributed by atoms with van der Waals surface area (Å²) in [6.07, 6.45) is 3.96. The predicted molar refractivity (Wildman–Crippen MR) is 128 cm³/mol. The minimum atomic E-state index is -0.240. The molecule has 0 amide bonds. The van der Waals surface area contributed by atoms with Gasteiger partial charge in [-0.05, 0) is 42.7 Å². The minimum Gasteiger partial charge on any atom is -0.380 e. The lowest BCUT2D eigenvalue weighted by Gasteiger charge is -2.32. The Bertz CT molecular complexity index is 797. The lowest BCUT2D eigenvalue weighted by molar-refractivity contribution is 0.181. The highest BCUT2D eigenvalue weighted by Crippen LogP contribution is 2.14. The first-order chi connectivity index (χ1) is 14.2. The van der Waals surface area contributed by atoms with Crippen molar-refractivity contribution in [3.05, 3.63) is 65.2 Å². The molecule has 1 aromatic carbocycles. The maximum atomic E-state index is 13.8. The molecular formula is C22H31FIN5O. The number of piperidine rings is 1. The molecule has 0 aliphatic carbocycles. The van der Waals surface area contributed by atoms with E-state index in [9.17, 15) is 4.39 Å². The molecule has 1 saturated heterocycles. The standard InChI is InChI=1S/C22H30FN5O.HI/c1-24-22(26-14-17-6-7-21(23)18(13-17)16-29-2)27-19-8-11-28(12-9-19)15-20-5-3-4-10-25-20;/h3-7,10,13,19H,8-9,11-12,14-16H2,1-2H3,(H2,24,26,27);1H. The van der Waals surface area contributed by atoms with Crippen molar-refractivity contribution in [3.8, 4) is 0 Å². The molecule has 0 bridgehead atoms. The predicted octanol–water partition coefficient (Wildman–Crippen LogP) is 3.31. The van der Waals surface area contributed by atoms with E-state index in [1.165, 1.54) is 6.07 Å². The first-order valence-corrected chi connectivity index (χ1v) is 10.0. The van der Waals surface area contributed by atoms with Gasteiger partial charge in [-0.1, -0.05) is 12.1 Å². The van der Waals surface area contributed by atoms with E-state index in [1.807, 2.05) is 24.4 Å². The summed E-state index contributed by atoms with van der Waals surface area (Å²) in [5.41, 5.74) is 2.67. The molecule has 0 radical (unpaired) electrons. The number of guanidine groups is 1. The first-order valence-electron chi connectivity index (χ1n) is 10.0. The zero-order chi connectivity index (χ0) is 20.5. The van der Waals surface area contributed by atoms with Crippen molar-refractivity contribution < 1.29 is 9.13 Å². The Balaban J connectivity index is 0.00000320. The maximum absolute atomic E-state index is 13.8. The highest BCUT2D eigenvalue weighted by atomic mass is 127. The molecule has 164 valence electrons. The summed E-state index contributed by atoms with van der Waals surface area (Å²) in [5, 5.41) is 6.83. The van der Waals surface area contributed by atoms with Gasteiger partial charge in [0, 0.05) is 58.1 Å². The van der Waals surface area contributed by atoms with Crippen molar-refractivity contribution in [3.63, 3.8) is 0 Å². The number of nitrogens with zero attached hydrogens (tertiary/aromatic N) is 3. The number of likely N-dealkylation sites (tertiary alicyclic amines) is 1. The molecule has 3 rings (SSSR count). The van der Waals surface area contributed by atoms with Gasteiger partial charge in [0.05, 0.1) is 12.3 Å². The Morgan fingerprint density at radius 3 is 2.73 bits per heavy atom. The van der Waals surface area contributed by atoms with Gasteiger partial charge in [-0.3, -0.25) is 14.9 Å². The number of methoxy groups -OCH3 is 1. The number of hydrogen-bond acceptors (Lipinski definition) is 4. The van der Waals surface area contributed by atoms with Gasteiger partial charge in [0.2, 0.25) is 0 Å². The van der Waals surface area contributed by atoms with Crippen LogP contribution in [0.3, 0.4) is 0 Å². The van der Waals surface area contributed by atoms with Crippen LogP contribution in [0, 0.1) is 5.82 Å². The number of pyridine rings is 1. The lowest BCUT2D eigenvalue weighted by atomic mass is 10.0. The summed E-state index contributed by atoms with van der Waals surface area (Å²) >= 11 is 0. The molecule has 2 N–H and O–H groups in total. The molecule has 2 heterocycles. The van der Waals surface area contributed by atoms with Crippen LogP contribution >= 0.6 is 24.0 Å². The van der Waals surface area contributed by atoms with Crippen LogP contribution in [0.25, 0.3) is 0 Å². The highest BCUT2D eigenvalue weighted by molar-refractivity contribution is 14.0. The third-order valence-corrected chi connectivity index (χ3v) is 5.13. The van der Waals surface area contributed by atoms with Crippen LogP contribution in [0.1, 0.15) is 29.7 Å². The van der Waals surface area contributed by atoms with Crippen LogP contribution in [0.5, 0.6) is 0 Å². The minimum absolute atomic E-state index is 0. The summed E-state index contributed by atoms with van der Waals surface area (Å²) < 4.78 is 18.8. The number of ether oxygens (including phenoxy) is 1. The largest absolute Gasteiger partial charge is 0.380 e. The van der Waals surface area contributed by atoms with Crippen molar-refractivity contribution in [2.24, 2.45) is 4.99 Å². The molecular weight excluding hydrogens is 496 g/mol. The van der Waals surface area contributed by atoms with Crippen molar-refractivity contribution >= 4 is 29.9 Å². The van der Waals surface area contributed by atoms with Crippen LogP contribution in [-0.2, 0) is 24.4 Å². The van der Waals surface area contributed by atoms with Crippen molar-refractivity contribution in [2.45, 2.75) is 38.6 Å². The average Bonchev–Trinajstić information content (AvgIpc) is 2.75. The fraction of sp³-hybridized carbons (Fsp3) is 0.455. The molecule has 30 heavy (non-hydrogen) atoms. The Labute approximate surface area is 195 Å². The van der Waals surface area contributed by atoms with Crippen LogP contribution in [0.15, 0.2) is 47.6 Å². The molecule has 1 aliphatic heterocycles. The van der Waals surface area contributed by atoms with Gasteiger partial charge < -0.3 is 15.4 Å². The number of aliphatic imine (C=N–C) groups is 1. The number of nitrogens with one attached hydrogen (secondary N) is 2. The second kappa shape index (κ2) is 12.8. The SMILES string of the molecule is CN=C(NCc1ccc(F)c(COC)c1)NC1CCN(Cc2ccccn2)CC1.I. The smallest absolute Gasteiger partial charge is 0.191 e. The van der Waals surface area contributed by atoms with E-state index in [0.29, 0.717) is 18.2 Å². The molecule has 0 atom stereocenters. The second-order valence-electron chi connectivity index (χ2n) is 7.30. The van der Waals surface area contributed by atoms with Gasteiger partial charge in [-0.15, -0.1) is 24.0 Å². The van der Waals surface area contributed by atoms with E-state index in [4.69, 9.17) is 4.74 Å². The van der Waals surface area contributed by atoms with Crippen LogP contribution in [0.2, 0.25) is 0 Å². The summed E-state index contributed by atoms with van der Waals surface area (Å²) in [5.74, 6) is 0.529. The molecule has 8 heteroatoms. The van der Waals surface area contributed by atoms with Crippen molar-refractivity contribution in [1.29, 1.82) is 0 Å². The van der Waals surface area contributed by atoms with E-state index >= 15 is 0 Å². The van der Waals surface area contributed by atoms with Crippen LogP contribution in [-0.4, -0.2) is 49.1 Å². The number of benzene rings is 1. The van der Waals surface area contributed by atoms with Gasteiger partial charge in [0.25, 0.3) is 0 Å². The summed E-state index contributed by atoms with van der Waals surface area (Å²) in [7, 11) is 3.34. The van der Waals surface area contributed by atoms with E-state index in [-0.39, 0.29) is 36.4 Å². The van der Waals surface area contributed by atoms with Gasteiger partial charge in [0.1, 0.15) is 5.82 Å². The van der Waals surface area contributed by atoms with Crippen molar-refractivity contribution in [2.75, 3.05) is 27.2 Å². The van der Waals surface area contributed by atoms with Gasteiger partial charge >= 0.3 is 0 Å². The Hall–Kier alpha value is -1.78. The highest BCUT2D eigenvalue weighted by Gasteiger charge is 2.20. The number of halogens is 2. The number of rotatable bonds is 7.